The van der Waals surface area contributed by atoms with E-state index < -0.39 is 5.54 Å². The molecule has 2 N–H and O–H groups in total. The summed E-state index contributed by atoms with van der Waals surface area (Å²) >= 11 is 0. The molecule has 1 amide bonds. The third-order valence-electron chi connectivity index (χ3n) is 3.47. The molecule has 21 heavy (non-hydrogen) atoms. The van der Waals surface area contributed by atoms with Gasteiger partial charge in [-0.05, 0) is 36.8 Å². The number of rotatable bonds is 5. The number of methoxy groups -OCH3 is 1. The summed E-state index contributed by atoms with van der Waals surface area (Å²) in [5, 5.41) is 12.6. The lowest BCUT2D eigenvalue weighted by molar-refractivity contribution is 0.0849. The van der Waals surface area contributed by atoms with Crippen LogP contribution >= 0.6 is 0 Å². The van der Waals surface area contributed by atoms with Crippen molar-refractivity contribution in [2.45, 2.75) is 12.5 Å². The lowest BCUT2D eigenvalue weighted by Gasteiger charge is -2.29. The van der Waals surface area contributed by atoms with E-state index in [1.807, 2.05) is 30.3 Å². The van der Waals surface area contributed by atoms with E-state index in [9.17, 15) is 9.90 Å². The smallest absolute Gasteiger partial charge is 0.252 e. The van der Waals surface area contributed by atoms with Crippen LogP contribution in [0.2, 0.25) is 0 Å². The van der Waals surface area contributed by atoms with Gasteiger partial charge >= 0.3 is 0 Å². The average Bonchev–Trinajstić information content (AvgIpc) is 2.55. The topological polar surface area (TPSA) is 58.6 Å². The van der Waals surface area contributed by atoms with Crippen LogP contribution in [0.15, 0.2) is 54.6 Å². The maximum absolute atomic E-state index is 12.3. The van der Waals surface area contributed by atoms with Crippen LogP contribution in [0.1, 0.15) is 22.8 Å². The Morgan fingerprint density at radius 3 is 2.29 bits per heavy atom. The number of ether oxygens (including phenoxy) is 1. The van der Waals surface area contributed by atoms with Gasteiger partial charge in [0.15, 0.2) is 0 Å². The first-order valence-electron chi connectivity index (χ1n) is 6.72. The quantitative estimate of drug-likeness (QED) is 0.886. The monoisotopic (exact) mass is 285 g/mol. The molecule has 0 aliphatic rings. The van der Waals surface area contributed by atoms with Crippen molar-refractivity contribution >= 4 is 5.91 Å². The minimum absolute atomic E-state index is 0.182. The molecule has 0 spiro atoms. The van der Waals surface area contributed by atoms with Gasteiger partial charge in [-0.15, -0.1) is 0 Å². The van der Waals surface area contributed by atoms with Crippen LogP contribution in [-0.2, 0) is 5.54 Å². The van der Waals surface area contributed by atoms with Crippen molar-refractivity contribution in [3.05, 3.63) is 65.7 Å². The summed E-state index contributed by atoms with van der Waals surface area (Å²) in [5.41, 5.74) is 0.555. The van der Waals surface area contributed by atoms with E-state index in [1.165, 1.54) is 0 Å². The van der Waals surface area contributed by atoms with Crippen LogP contribution < -0.4 is 10.1 Å². The zero-order valence-electron chi connectivity index (χ0n) is 12.2. The fourth-order valence-electron chi connectivity index (χ4n) is 2.07. The Labute approximate surface area is 124 Å². The van der Waals surface area contributed by atoms with Gasteiger partial charge in [-0.2, -0.15) is 0 Å². The number of carbonyl (C=O) groups is 1. The summed E-state index contributed by atoms with van der Waals surface area (Å²) in [6, 6.07) is 16.3. The molecule has 0 aliphatic carbocycles. The van der Waals surface area contributed by atoms with Gasteiger partial charge in [-0.3, -0.25) is 4.79 Å². The van der Waals surface area contributed by atoms with Gasteiger partial charge in [-0.25, -0.2) is 0 Å². The summed E-state index contributed by atoms with van der Waals surface area (Å²) in [7, 11) is 1.58. The molecule has 0 saturated heterocycles. The molecule has 1 unspecified atom stereocenters. The second-order valence-corrected chi connectivity index (χ2v) is 5.04. The minimum Gasteiger partial charge on any atom is -0.497 e. The Balaban J connectivity index is 2.19. The van der Waals surface area contributed by atoms with E-state index >= 15 is 0 Å². The number of hydrogen-bond donors (Lipinski definition) is 2. The van der Waals surface area contributed by atoms with Gasteiger partial charge in [0.2, 0.25) is 0 Å². The number of aliphatic hydroxyl groups is 1. The van der Waals surface area contributed by atoms with Crippen molar-refractivity contribution in [3.8, 4) is 5.75 Å². The molecule has 1 atom stereocenters. The van der Waals surface area contributed by atoms with Gasteiger partial charge in [-0.1, -0.05) is 30.3 Å². The standard InChI is InChI=1S/C17H19NO3/c1-17(12-19,14-6-4-3-5-7-14)18-16(20)13-8-10-15(21-2)11-9-13/h3-11,19H,12H2,1-2H3,(H,18,20). The predicted molar refractivity (Wildman–Crippen MR) is 81.3 cm³/mol. The van der Waals surface area contributed by atoms with Crippen molar-refractivity contribution in [1.82, 2.24) is 5.32 Å². The molecular formula is C17H19NO3. The molecule has 0 bridgehead atoms. The van der Waals surface area contributed by atoms with E-state index in [4.69, 9.17) is 4.74 Å². The van der Waals surface area contributed by atoms with E-state index in [0.29, 0.717) is 11.3 Å². The van der Waals surface area contributed by atoms with Crippen LogP contribution in [0, 0.1) is 0 Å². The molecule has 0 aromatic heterocycles. The van der Waals surface area contributed by atoms with Crippen LogP contribution in [0.3, 0.4) is 0 Å². The van der Waals surface area contributed by atoms with Crippen molar-refractivity contribution < 1.29 is 14.6 Å². The molecule has 0 heterocycles. The lowest BCUT2D eigenvalue weighted by atomic mass is 9.92. The Hall–Kier alpha value is -2.33. The zero-order valence-corrected chi connectivity index (χ0v) is 12.2. The van der Waals surface area contributed by atoms with Gasteiger partial charge in [0, 0.05) is 5.56 Å². The average molecular weight is 285 g/mol. The molecule has 0 aliphatic heterocycles. The molecule has 2 rings (SSSR count). The van der Waals surface area contributed by atoms with E-state index in [-0.39, 0.29) is 12.5 Å². The van der Waals surface area contributed by atoms with E-state index in [1.54, 1.807) is 38.3 Å². The highest BCUT2D eigenvalue weighted by molar-refractivity contribution is 5.94. The molecule has 4 heteroatoms. The lowest BCUT2D eigenvalue weighted by Crippen LogP contribution is -2.46. The van der Waals surface area contributed by atoms with E-state index in [2.05, 4.69) is 5.32 Å². The maximum Gasteiger partial charge on any atom is 0.252 e. The first-order valence-corrected chi connectivity index (χ1v) is 6.72. The zero-order chi connectivity index (χ0) is 15.3. The Bertz CT molecular complexity index is 595. The van der Waals surface area contributed by atoms with Crippen molar-refractivity contribution in [1.29, 1.82) is 0 Å². The normalized spacial score (nSPS) is 13.3. The number of aliphatic hydroxyl groups excluding tert-OH is 1. The highest BCUT2D eigenvalue weighted by Gasteiger charge is 2.28. The van der Waals surface area contributed by atoms with Crippen molar-refractivity contribution in [2.75, 3.05) is 13.7 Å². The first kappa shape index (κ1) is 15.1. The number of amides is 1. The summed E-state index contributed by atoms with van der Waals surface area (Å²) < 4.78 is 5.07. The summed E-state index contributed by atoms with van der Waals surface area (Å²) in [6.07, 6.45) is 0. The third kappa shape index (κ3) is 3.41. The number of benzene rings is 2. The molecule has 4 nitrogen and oxygen atoms in total. The van der Waals surface area contributed by atoms with Crippen molar-refractivity contribution in [2.24, 2.45) is 0 Å². The Morgan fingerprint density at radius 2 is 1.76 bits per heavy atom. The van der Waals surface area contributed by atoms with Crippen LogP contribution in [0.25, 0.3) is 0 Å². The molecule has 0 fully saturated rings. The van der Waals surface area contributed by atoms with Gasteiger partial charge in [0.25, 0.3) is 5.91 Å². The molecule has 0 radical (unpaired) electrons. The number of hydrogen-bond acceptors (Lipinski definition) is 3. The molecule has 110 valence electrons. The van der Waals surface area contributed by atoms with Gasteiger partial charge in [0.1, 0.15) is 5.75 Å². The van der Waals surface area contributed by atoms with Crippen LogP contribution in [0.5, 0.6) is 5.75 Å². The highest BCUT2D eigenvalue weighted by atomic mass is 16.5. The predicted octanol–water partition coefficient (Wildman–Crippen LogP) is 2.33. The molecule has 2 aromatic carbocycles. The van der Waals surface area contributed by atoms with Crippen LogP contribution in [-0.4, -0.2) is 24.7 Å². The maximum atomic E-state index is 12.3. The van der Waals surface area contributed by atoms with Crippen molar-refractivity contribution in [3.63, 3.8) is 0 Å². The largest absolute Gasteiger partial charge is 0.497 e. The fourth-order valence-corrected chi connectivity index (χ4v) is 2.07. The Morgan fingerprint density at radius 1 is 1.14 bits per heavy atom. The summed E-state index contributed by atoms with van der Waals surface area (Å²) in [5.74, 6) is 0.456. The third-order valence-corrected chi connectivity index (χ3v) is 3.47. The van der Waals surface area contributed by atoms with E-state index in [0.717, 1.165) is 5.56 Å². The second-order valence-electron chi connectivity index (χ2n) is 5.04. The Kier molecular flexibility index (Phi) is 4.60. The molecular weight excluding hydrogens is 266 g/mol. The van der Waals surface area contributed by atoms with Gasteiger partial charge in [0.05, 0.1) is 19.3 Å². The summed E-state index contributed by atoms with van der Waals surface area (Å²) in [6.45, 7) is 1.61. The minimum atomic E-state index is -0.821. The number of nitrogens with one attached hydrogen (secondary N) is 1. The fraction of sp³-hybridized carbons (Fsp3) is 0.235. The van der Waals surface area contributed by atoms with Crippen LogP contribution in [0.4, 0.5) is 0 Å². The first-order chi connectivity index (χ1) is 10.1. The summed E-state index contributed by atoms with van der Waals surface area (Å²) in [4.78, 5) is 12.3. The number of carbonyl (C=O) groups excluding carboxylic acids is 1. The highest BCUT2D eigenvalue weighted by Crippen LogP contribution is 2.21. The SMILES string of the molecule is COc1ccc(C(=O)NC(C)(CO)c2ccccc2)cc1. The molecule has 0 saturated carbocycles. The molecule has 2 aromatic rings. The second kappa shape index (κ2) is 6.41. The van der Waals surface area contributed by atoms with Gasteiger partial charge < -0.3 is 15.2 Å².